The second-order valence-corrected chi connectivity index (χ2v) is 9.13. The fraction of sp³-hybridized carbons (Fsp3) is 0.958. The van der Waals surface area contributed by atoms with Gasteiger partial charge in [0, 0.05) is 5.92 Å². The second kappa shape index (κ2) is 12.8. The Morgan fingerprint density at radius 1 is 0.778 bits per heavy atom. The molecule has 0 radical (unpaired) electrons. The Labute approximate surface area is 168 Å². The highest BCUT2D eigenvalue weighted by Gasteiger charge is 2.45. The minimum atomic E-state index is -0.397. The molecule has 156 valence electrons. The molecule has 1 aliphatic carbocycles. The van der Waals surface area contributed by atoms with Gasteiger partial charge in [0.2, 0.25) is 0 Å². The van der Waals surface area contributed by atoms with Crippen molar-refractivity contribution in [1.82, 2.24) is 0 Å². The Bertz CT molecular complexity index is 415. The highest BCUT2D eigenvalue weighted by Crippen LogP contribution is 2.45. The molecule has 0 spiro atoms. The van der Waals surface area contributed by atoms with Crippen LogP contribution in [0.1, 0.15) is 110 Å². The van der Waals surface area contributed by atoms with E-state index in [2.05, 4.69) is 19.9 Å². The Kier molecular flexibility index (Phi) is 10.7. The van der Waals surface area contributed by atoms with Gasteiger partial charge in [-0.25, -0.2) is 0 Å². The van der Waals surface area contributed by atoms with Gasteiger partial charge in [-0.1, -0.05) is 78.1 Å². The molecule has 1 saturated carbocycles. The molecule has 0 unspecified atom stereocenters. The normalized spacial score (nSPS) is 31.5. The van der Waals surface area contributed by atoms with Gasteiger partial charge in [0.15, 0.2) is 6.29 Å². The molecule has 3 nitrogen and oxygen atoms in total. The average Bonchev–Trinajstić information content (AvgIpc) is 2.72. The molecule has 0 amide bonds. The molecule has 0 bridgehead atoms. The van der Waals surface area contributed by atoms with Crippen LogP contribution in [-0.4, -0.2) is 19.5 Å². The summed E-state index contributed by atoms with van der Waals surface area (Å²) in [7, 11) is 0. The predicted octanol–water partition coefficient (Wildman–Crippen LogP) is 7.01. The van der Waals surface area contributed by atoms with Crippen molar-refractivity contribution >= 4 is 0 Å². The Balaban J connectivity index is 1.67. The number of unbranched alkanes of at least 4 members (excludes halogenated alkanes) is 7. The summed E-state index contributed by atoms with van der Waals surface area (Å²) in [6.07, 6.45) is 18.5. The van der Waals surface area contributed by atoms with Crippen LogP contribution in [0.5, 0.6) is 0 Å². The smallest absolute Gasteiger partial charge is 0.176 e. The molecule has 2 rings (SSSR count). The van der Waals surface area contributed by atoms with Crippen molar-refractivity contribution in [2.24, 2.45) is 17.3 Å². The van der Waals surface area contributed by atoms with E-state index < -0.39 is 5.41 Å². The third-order valence-electron chi connectivity index (χ3n) is 6.82. The van der Waals surface area contributed by atoms with Gasteiger partial charge in [-0.05, 0) is 38.0 Å². The van der Waals surface area contributed by atoms with Crippen LogP contribution in [0.2, 0.25) is 0 Å². The van der Waals surface area contributed by atoms with Crippen LogP contribution >= 0.6 is 0 Å². The highest BCUT2D eigenvalue weighted by atomic mass is 16.7. The fourth-order valence-corrected chi connectivity index (χ4v) is 4.81. The van der Waals surface area contributed by atoms with E-state index in [0.717, 1.165) is 32.0 Å². The maximum atomic E-state index is 9.91. The average molecular weight is 378 g/mol. The largest absolute Gasteiger partial charge is 0.351 e. The summed E-state index contributed by atoms with van der Waals surface area (Å²) in [6, 6.07) is 2.62. The van der Waals surface area contributed by atoms with Crippen LogP contribution in [-0.2, 0) is 9.47 Å². The van der Waals surface area contributed by atoms with Crippen LogP contribution in [0.25, 0.3) is 0 Å². The number of hydrogen-bond acceptors (Lipinski definition) is 3. The number of nitriles is 1. The number of hydrogen-bond donors (Lipinski definition) is 0. The minimum Gasteiger partial charge on any atom is -0.351 e. The maximum Gasteiger partial charge on any atom is 0.176 e. The monoisotopic (exact) mass is 377 g/mol. The number of rotatable bonds is 12. The molecule has 27 heavy (non-hydrogen) atoms. The van der Waals surface area contributed by atoms with Crippen LogP contribution in [0.15, 0.2) is 0 Å². The van der Waals surface area contributed by atoms with E-state index in [1.807, 2.05) is 0 Å². The summed E-state index contributed by atoms with van der Waals surface area (Å²) in [5, 5.41) is 9.91. The third-order valence-corrected chi connectivity index (χ3v) is 6.82. The molecule has 0 aromatic heterocycles. The third kappa shape index (κ3) is 7.39. The van der Waals surface area contributed by atoms with Crippen molar-refractivity contribution in [2.75, 3.05) is 13.2 Å². The van der Waals surface area contributed by atoms with Crippen molar-refractivity contribution in [2.45, 2.75) is 116 Å². The summed E-state index contributed by atoms with van der Waals surface area (Å²) in [5.74, 6) is 1.33. The first kappa shape index (κ1) is 22.7. The molecule has 0 aromatic rings. The molecule has 2 fully saturated rings. The molecule has 1 heterocycles. The zero-order chi connectivity index (χ0) is 19.4. The van der Waals surface area contributed by atoms with E-state index >= 15 is 0 Å². The Morgan fingerprint density at radius 2 is 1.30 bits per heavy atom. The molecular formula is C24H43NO2. The summed E-state index contributed by atoms with van der Waals surface area (Å²) in [4.78, 5) is 0. The quantitative estimate of drug-likeness (QED) is 0.344. The minimum absolute atomic E-state index is 0.292. The molecule has 1 saturated heterocycles. The summed E-state index contributed by atoms with van der Waals surface area (Å²) in [5.41, 5.74) is -0.397. The van der Waals surface area contributed by atoms with Crippen molar-refractivity contribution < 1.29 is 9.47 Å². The first-order valence-electron chi connectivity index (χ1n) is 11.9. The highest BCUT2D eigenvalue weighted by molar-refractivity contribution is 5.04. The lowest BCUT2D eigenvalue weighted by Crippen LogP contribution is -2.45. The topological polar surface area (TPSA) is 42.2 Å². The van der Waals surface area contributed by atoms with E-state index in [1.165, 1.54) is 83.5 Å². The number of nitrogens with zero attached hydrogens (tertiary/aromatic N) is 1. The molecular weight excluding hydrogens is 334 g/mol. The standard InChI is InChI=1S/C24H43NO2/c1-3-5-7-9-11-13-22-18-26-23(27-19-22)24(20-25)16-14-21(15-17-24)12-10-8-6-4-2/h21-23H,3-19H2,1-2H3. The van der Waals surface area contributed by atoms with E-state index in [1.54, 1.807) is 0 Å². The van der Waals surface area contributed by atoms with Gasteiger partial charge < -0.3 is 9.47 Å². The van der Waals surface area contributed by atoms with Crippen LogP contribution < -0.4 is 0 Å². The molecule has 2 aliphatic rings. The van der Waals surface area contributed by atoms with Crippen LogP contribution in [0.4, 0.5) is 0 Å². The second-order valence-electron chi connectivity index (χ2n) is 9.13. The van der Waals surface area contributed by atoms with Crippen LogP contribution in [0, 0.1) is 28.6 Å². The summed E-state index contributed by atoms with van der Waals surface area (Å²) in [6.45, 7) is 6.08. The van der Waals surface area contributed by atoms with E-state index in [9.17, 15) is 5.26 Å². The molecule has 0 atom stereocenters. The Morgan fingerprint density at radius 3 is 1.85 bits per heavy atom. The SMILES string of the molecule is CCCCCCCC1COC(C2(C#N)CCC(CCCCCC)CC2)OC1. The first-order chi connectivity index (χ1) is 13.2. The van der Waals surface area contributed by atoms with Crippen molar-refractivity contribution in [3.8, 4) is 6.07 Å². The zero-order valence-electron chi connectivity index (χ0n) is 18.0. The lowest BCUT2D eigenvalue weighted by atomic mass is 9.69. The maximum absolute atomic E-state index is 9.91. The zero-order valence-corrected chi connectivity index (χ0v) is 18.0. The van der Waals surface area contributed by atoms with Gasteiger partial charge in [0.25, 0.3) is 0 Å². The van der Waals surface area contributed by atoms with Gasteiger partial charge in [-0.15, -0.1) is 0 Å². The fourth-order valence-electron chi connectivity index (χ4n) is 4.81. The molecule has 0 N–H and O–H groups in total. The van der Waals surface area contributed by atoms with E-state index in [4.69, 9.17) is 9.47 Å². The van der Waals surface area contributed by atoms with Crippen LogP contribution in [0.3, 0.4) is 0 Å². The van der Waals surface area contributed by atoms with Crippen molar-refractivity contribution in [3.05, 3.63) is 0 Å². The Hall–Kier alpha value is -0.590. The van der Waals surface area contributed by atoms with Crippen molar-refractivity contribution in [3.63, 3.8) is 0 Å². The van der Waals surface area contributed by atoms with E-state index in [0.29, 0.717) is 5.92 Å². The van der Waals surface area contributed by atoms with Crippen molar-refractivity contribution in [1.29, 1.82) is 5.26 Å². The summed E-state index contributed by atoms with van der Waals surface area (Å²) < 4.78 is 12.2. The predicted molar refractivity (Wildman–Crippen MR) is 111 cm³/mol. The van der Waals surface area contributed by atoms with Gasteiger partial charge in [0.05, 0.1) is 19.3 Å². The van der Waals surface area contributed by atoms with Gasteiger partial charge in [-0.3, -0.25) is 0 Å². The lowest BCUT2D eigenvalue weighted by molar-refractivity contribution is -0.247. The number of ether oxygens (including phenoxy) is 2. The van der Waals surface area contributed by atoms with Gasteiger partial charge >= 0.3 is 0 Å². The van der Waals surface area contributed by atoms with E-state index in [-0.39, 0.29) is 6.29 Å². The van der Waals surface area contributed by atoms with Gasteiger partial charge in [-0.2, -0.15) is 5.26 Å². The molecule has 3 heteroatoms. The lowest BCUT2D eigenvalue weighted by Gasteiger charge is -2.42. The first-order valence-corrected chi connectivity index (χ1v) is 11.9. The molecule has 0 aromatic carbocycles. The van der Waals surface area contributed by atoms with Gasteiger partial charge in [0.1, 0.15) is 5.41 Å². The molecule has 1 aliphatic heterocycles. The summed E-state index contributed by atoms with van der Waals surface area (Å²) >= 11 is 0.